The number of ether oxygens (including phenoxy) is 6. The maximum Gasteiger partial charge on any atom is 0.481 e. The number of phosphoric ester groups is 11. The predicted octanol–water partition coefficient (Wildman–Crippen LogP) is 0.810. The largest absolute Gasteiger partial charge is 0.481 e. The number of imidazole rings is 6. The number of nitrogens with zero attached hydrogens (tertiary/aromatic N) is 24. The standard InChI is InChI=1S/C60H79N30O46P11/c61-49-43-55(73-13-67-49)85(19-79-43)37-1-25(91)31(121-37)7-116-138(95,96)132-144(107,108)128-27-3-39(87-21-81-45-51(63)69-15-75-57(45)87)123-33(27)9-118-140(99,100)134-146(111,112)130-29-5-41(89-23-83-47-53(65)71-17-77-59(47)89)125-35(29)11-120-142(103,104)136-147(113,114)131-30-6-42(90-24-84-48-54(66)72-18-78-60(48)90)126-36(30)12-119-141(101,102)135-145(109,110)129-28-4-40(88-22-82-46-52(64)70-16-76-58(46)88)124-34(28)10-117-139(97,98)133-143(105,106)127-26-2-38(122-32(26)8-115-137(92,93)94)86-20-80-44-50(62)68-14-74-56(44)86/h13-42,91H,1-12H2,(H,95,96)(H,97,98)(H,99,100)(H,101,102)(H,103,104)(H,105,106)(H,107,108)(H,109,110)(H,111,112)(H,113,114)(H2,61,67,73)(H2,62,68,74)(H2,63,69,75)(H2,64,70,76)(H2,65,71,77)(H2,66,72,78)(H2,92,93,94). The van der Waals surface area contributed by atoms with Gasteiger partial charge in [-0.05, 0) is 0 Å². The van der Waals surface area contributed by atoms with Crippen LogP contribution in [0.1, 0.15) is 75.9 Å². The van der Waals surface area contributed by atoms with E-state index in [1.165, 1.54) is 20.0 Å². The molecule has 18 rings (SSSR count). The molecule has 0 radical (unpaired) electrons. The second-order valence-electron chi connectivity index (χ2n) is 31.8. The van der Waals surface area contributed by atoms with Gasteiger partial charge in [-0.1, -0.05) is 0 Å². The molecule has 0 saturated carbocycles. The lowest BCUT2D eigenvalue weighted by Gasteiger charge is -2.25. The van der Waals surface area contributed by atoms with Crippen molar-refractivity contribution in [3.8, 4) is 0 Å². The summed E-state index contributed by atoms with van der Waals surface area (Å²) in [6.07, 6.45) is -21.5. The van der Waals surface area contributed by atoms with E-state index < -0.39 is 268 Å². The molecule has 0 aromatic carbocycles. The fourth-order valence-corrected chi connectivity index (χ4v) is 27.7. The van der Waals surface area contributed by atoms with Crippen LogP contribution < -0.4 is 34.4 Å². The number of hydrogen-bond donors (Lipinski definition) is 19. The van der Waals surface area contributed by atoms with Crippen molar-refractivity contribution in [2.24, 2.45) is 0 Å². The van der Waals surface area contributed by atoms with Gasteiger partial charge in [-0.25, -0.2) is 140 Å². The van der Waals surface area contributed by atoms with Gasteiger partial charge in [0.15, 0.2) is 68.8 Å². The van der Waals surface area contributed by atoms with Crippen LogP contribution in [-0.4, -0.2) is 294 Å². The normalized spacial score (nSPS) is 28.9. The van der Waals surface area contributed by atoms with Gasteiger partial charge in [-0.15, -0.1) is 0 Å². The quantitative estimate of drug-likeness (QED) is 0.0235. The molecule has 12 aromatic heterocycles. The third-order valence-electron chi connectivity index (χ3n) is 22.1. The first-order valence-electron chi connectivity index (χ1n) is 41.4. The Morgan fingerprint density at radius 3 is 0.605 bits per heavy atom. The lowest BCUT2D eigenvalue weighted by atomic mass is 10.2. The van der Waals surface area contributed by atoms with Gasteiger partial charge in [0.25, 0.3) is 0 Å². The minimum Gasteiger partial charge on any atom is -0.390 e. The van der Waals surface area contributed by atoms with Crippen LogP contribution in [0, 0.1) is 0 Å². The van der Waals surface area contributed by atoms with Crippen molar-refractivity contribution in [2.75, 3.05) is 74.0 Å². The van der Waals surface area contributed by atoms with Crippen LogP contribution in [0.3, 0.4) is 0 Å². The van der Waals surface area contributed by atoms with Crippen LogP contribution in [0.5, 0.6) is 0 Å². The number of aliphatic hydroxyl groups excluding tert-OH is 1. The summed E-state index contributed by atoms with van der Waals surface area (Å²) in [5.74, 6) is -0.800. The van der Waals surface area contributed by atoms with Gasteiger partial charge in [-0.3, -0.25) is 77.2 Å². The van der Waals surface area contributed by atoms with Crippen molar-refractivity contribution >= 4 is 188 Å². The molecule has 18 heterocycles. The SMILES string of the molecule is Nc1ncnc2c1ncn2C1CC(O)C(COP(=O)(O)OP(=O)(O)OC2CC(n3cnc4c(N)ncnc43)OC2COP(=O)(O)OP(=O)(O)OC2CC(n3cnc4c(N)ncnc43)OC2COP(=O)(O)OP(=O)(O)OC2CC(n3cnc4c(N)ncnc43)OC2COP(=O)(O)OP(=O)(O)OC2CC(n3cnc4c(N)ncnc43)OC2COP(=O)(O)OP(=O)(O)OC2CC(n3cnc4c(N)ncnc43)OC2COP(=O)(O)O)O1. The van der Waals surface area contributed by atoms with E-state index in [0.29, 0.717) is 0 Å². The highest BCUT2D eigenvalue weighted by Gasteiger charge is 2.55. The monoisotopic (exact) mass is 2300 g/mol. The molecule has 6 saturated heterocycles. The Morgan fingerprint density at radius 1 is 0.245 bits per heavy atom. The Labute approximate surface area is 814 Å². The zero-order chi connectivity index (χ0) is 105. The predicted molar refractivity (Wildman–Crippen MR) is 471 cm³/mol. The summed E-state index contributed by atoms with van der Waals surface area (Å²) < 4.78 is 273. The molecular weight excluding hydrogens is 2220 g/mol. The molecule has 6 aliphatic heterocycles. The molecular formula is C60H79N30O46P11. The average Bonchev–Trinajstić information content (AvgIpc) is 1.64. The van der Waals surface area contributed by atoms with E-state index in [4.69, 9.17) is 108 Å². The van der Waals surface area contributed by atoms with Gasteiger partial charge in [0.2, 0.25) is 0 Å². The zero-order valence-electron chi connectivity index (χ0n) is 73.2. The van der Waals surface area contributed by atoms with Crippen LogP contribution in [0.2, 0.25) is 0 Å². The highest BCUT2D eigenvalue weighted by molar-refractivity contribution is 7.63. The number of nitrogen functional groups attached to an aromatic ring is 6. The topological polar surface area (TPSA) is 1070 Å². The van der Waals surface area contributed by atoms with Crippen molar-refractivity contribution in [3.63, 3.8) is 0 Å². The summed E-state index contributed by atoms with van der Waals surface area (Å²) in [5, 5.41) is 10.9. The Hall–Kier alpha value is -8.77. The molecule has 0 amide bonds. The lowest BCUT2D eigenvalue weighted by Crippen LogP contribution is -2.29. The molecule has 6 aliphatic rings. The minimum absolute atomic E-state index is 0.0114. The number of phosphoric acid groups is 11. The van der Waals surface area contributed by atoms with Crippen molar-refractivity contribution in [1.29, 1.82) is 0 Å². The summed E-state index contributed by atoms with van der Waals surface area (Å²) in [4.78, 5) is 203. The number of aromatic nitrogens is 24. The third kappa shape index (κ3) is 25.1. The fraction of sp³-hybridized carbons (Fsp3) is 0.500. The van der Waals surface area contributed by atoms with E-state index in [1.54, 1.807) is 0 Å². The number of nitrogens with two attached hydrogens (primary N) is 6. The van der Waals surface area contributed by atoms with Crippen LogP contribution in [0.25, 0.3) is 67.0 Å². The van der Waals surface area contributed by atoms with E-state index in [9.17, 15) is 114 Å². The first-order valence-corrected chi connectivity index (χ1v) is 57.9. The molecule has 0 aliphatic carbocycles. The first-order chi connectivity index (χ1) is 69.1. The van der Waals surface area contributed by atoms with Crippen molar-refractivity contribution in [3.05, 3.63) is 75.9 Å². The summed E-state index contributed by atoms with van der Waals surface area (Å²) in [6, 6.07) is 0. The summed E-state index contributed by atoms with van der Waals surface area (Å²) in [5.41, 5.74) is 35.7. The van der Waals surface area contributed by atoms with E-state index in [-0.39, 0.29) is 108 Å². The van der Waals surface area contributed by atoms with Gasteiger partial charge >= 0.3 is 86.0 Å². The van der Waals surface area contributed by atoms with Gasteiger partial charge in [0.1, 0.15) is 176 Å². The number of fused-ring (bicyclic) bond motifs is 6. The van der Waals surface area contributed by atoms with Crippen LogP contribution in [0.4, 0.5) is 34.9 Å². The van der Waals surface area contributed by atoms with Crippen LogP contribution in [-0.2, 0) is 150 Å². The molecule has 87 heteroatoms. The number of hydrogen-bond acceptors (Lipinski definition) is 58. The molecule has 12 aromatic rings. The summed E-state index contributed by atoms with van der Waals surface area (Å²) >= 11 is 0. The van der Waals surface area contributed by atoms with Crippen molar-refractivity contribution < 1.29 is 214 Å². The number of rotatable bonds is 44. The highest BCUT2D eigenvalue weighted by Crippen LogP contribution is 2.69. The first kappa shape index (κ1) is 108. The molecule has 25 N–H and O–H groups in total. The Morgan fingerprint density at radius 2 is 0.415 bits per heavy atom. The van der Waals surface area contributed by atoms with Gasteiger partial charge in [0.05, 0.1) is 83.7 Å². The Balaban J connectivity index is 0.526. The van der Waals surface area contributed by atoms with Gasteiger partial charge in [-0.2, -0.15) is 21.6 Å². The van der Waals surface area contributed by atoms with E-state index in [1.807, 2.05) is 0 Å². The minimum atomic E-state index is -6.25. The molecule has 147 heavy (non-hydrogen) atoms. The Kier molecular flexibility index (Phi) is 30.6. The van der Waals surface area contributed by atoms with Gasteiger partial charge in [0, 0.05) is 38.5 Å². The molecule has 28 atom stereocenters. The Bertz CT molecular complexity index is 7450. The summed E-state index contributed by atoms with van der Waals surface area (Å²) in [6.45, 7) is -7.61. The van der Waals surface area contributed by atoms with Crippen LogP contribution >= 0.6 is 86.0 Å². The molecule has 76 nitrogen and oxygen atoms in total. The molecule has 28 unspecified atom stereocenters. The van der Waals surface area contributed by atoms with Gasteiger partial charge < -0.3 is 127 Å². The van der Waals surface area contributed by atoms with E-state index in [0.717, 1.165) is 83.3 Å². The molecule has 800 valence electrons. The number of anilines is 6. The maximum absolute atomic E-state index is 14.2. The second kappa shape index (κ2) is 41.7. The zero-order valence-corrected chi connectivity index (χ0v) is 83.0. The lowest BCUT2D eigenvalue weighted by molar-refractivity contribution is -0.0474. The third-order valence-corrected chi connectivity index (χ3v) is 35.9. The second-order valence-corrected chi connectivity index (χ2v) is 48.1. The molecule has 6 fully saturated rings. The number of aliphatic hydroxyl groups is 1. The van der Waals surface area contributed by atoms with E-state index in [2.05, 4.69) is 116 Å². The summed E-state index contributed by atoms with van der Waals surface area (Å²) in [7, 11) is -66.1. The highest BCUT2D eigenvalue weighted by atomic mass is 31.3. The average molecular weight is 2300 g/mol. The van der Waals surface area contributed by atoms with E-state index >= 15 is 0 Å². The molecule has 0 spiro atoms. The fourth-order valence-electron chi connectivity index (χ4n) is 15.9. The smallest absolute Gasteiger partial charge is 0.390 e. The molecule has 0 bridgehead atoms. The van der Waals surface area contributed by atoms with Crippen molar-refractivity contribution in [2.45, 2.75) is 149 Å². The maximum atomic E-state index is 14.2. The van der Waals surface area contributed by atoms with Crippen molar-refractivity contribution in [1.82, 2.24) is 117 Å². The van der Waals surface area contributed by atoms with Crippen LogP contribution in [0.15, 0.2) is 75.9 Å².